The number of aromatic nitrogens is 4. The van der Waals surface area contributed by atoms with Crippen LogP contribution in [0.2, 0.25) is 0 Å². The summed E-state index contributed by atoms with van der Waals surface area (Å²) < 4.78 is 35.0. The highest BCUT2D eigenvalue weighted by Crippen LogP contribution is 2.27. The predicted molar refractivity (Wildman–Crippen MR) is 115 cm³/mol. The van der Waals surface area contributed by atoms with Gasteiger partial charge in [0.1, 0.15) is 10.6 Å². The molecule has 1 amide bonds. The van der Waals surface area contributed by atoms with Crippen molar-refractivity contribution >= 4 is 21.6 Å². The summed E-state index contributed by atoms with van der Waals surface area (Å²) in [6, 6.07) is 5.35. The average Bonchev–Trinajstić information content (AvgIpc) is 3.30. The SMILES string of the molecule is Cc1noc(C)c1S(=O)(=O)N1CCC(C(=O)NCCCn2nc3ccccn3c2=O)CC1. The van der Waals surface area contributed by atoms with Crippen molar-refractivity contribution in [2.75, 3.05) is 19.6 Å². The van der Waals surface area contributed by atoms with Crippen LogP contribution in [0, 0.1) is 19.8 Å². The van der Waals surface area contributed by atoms with Crippen LogP contribution in [-0.2, 0) is 21.4 Å². The number of amides is 1. The van der Waals surface area contributed by atoms with Gasteiger partial charge in [0.15, 0.2) is 11.4 Å². The second kappa shape index (κ2) is 8.87. The number of aryl methyl sites for hydroxylation is 3. The van der Waals surface area contributed by atoms with E-state index in [1.807, 2.05) is 6.07 Å². The van der Waals surface area contributed by atoms with Crippen LogP contribution in [0.4, 0.5) is 0 Å². The van der Waals surface area contributed by atoms with Gasteiger partial charge in [-0.1, -0.05) is 11.2 Å². The molecule has 1 aliphatic heterocycles. The highest BCUT2D eigenvalue weighted by Gasteiger charge is 2.35. The van der Waals surface area contributed by atoms with E-state index in [1.54, 1.807) is 32.2 Å². The third-order valence-electron chi connectivity index (χ3n) is 5.72. The highest BCUT2D eigenvalue weighted by atomic mass is 32.2. The van der Waals surface area contributed by atoms with E-state index in [9.17, 15) is 18.0 Å². The first kappa shape index (κ1) is 22.2. The summed E-state index contributed by atoms with van der Waals surface area (Å²) >= 11 is 0. The molecule has 3 aromatic rings. The molecule has 4 rings (SSSR count). The van der Waals surface area contributed by atoms with E-state index in [2.05, 4.69) is 15.6 Å². The van der Waals surface area contributed by atoms with E-state index in [1.165, 1.54) is 13.4 Å². The summed E-state index contributed by atoms with van der Waals surface area (Å²) in [7, 11) is -3.69. The Balaban J connectivity index is 1.26. The second-order valence-electron chi connectivity index (χ2n) is 7.91. The zero-order valence-electron chi connectivity index (χ0n) is 18.0. The number of nitrogens with one attached hydrogen (secondary N) is 1. The molecule has 1 fully saturated rings. The van der Waals surface area contributed by atoms with Gasteiger partial charge in [-0.15, -0.1) is 5.10 Å². The zero-order valence-corrected chi connectivity index (χ0v) is 18.8. The molecule has 12 heteroatoms. The van der Waals surface area contributed by atoms with E-state index in [-0.39, 0.29) is 41.3 Å². The van der Waals surface area contributed by atoms with Crippen LogP contribution in [-0.4, -0.2) is 57.6 Å². The molecule has 172 valence electrons. The molecule has 32 heavy (non-hydrogen) atoms. The predicted octanol–water partition coefficient (Wildman–Crippen LogP) is 0.708. The molecule has 0 saturated carbocycles. The van der Waals surface area contributed by atoms with Crippen molar-refractivity contribution in [2.45, 2.75) is 44.6 Å². The number of fused-ring (bicyclic) bond motifs is 1. The van der Waals surface area contributed by atoms with Crippen LogP contribution in [0.3, 0.4) is 0 Å². The van der Waals surface area contributed by atoms with Gasteiger partial charge in [-0.3, -0.25) is 9.20 Å². The topological polar surface area (TPSA) is 132 Å². The summed E-state index contributed by atoms with van der Waals surface area (Å²) in [5.41, 5.74) is 0.714. The Kier molecular flexibility index (Phi) is 6.15. The lowest BCUT2D eigenvalue weighted by molar-refractivity contribution is -0.126. The first-order valence-corrected chi connectivity index (χ1v) is 12.0. The minimum atomic E-state index is -3.69. The van der Waals surface area contributed by atoms with E-state index in [4.69, 9.17) is 4.52 Å². The number of rotatable bonds is 7. The summed E-state index contributed by atoms with van der Waals surface area (Å²) in [4.78, 5) is 24.9. The fourth-order valence-corrected chi connectivity index (χ4v) is 5.79. The Bertz CT molecular complexity index is 1260. The van der Waals surface area contributed by atoms with E-state index in [0.717, 1.165) is 0 Å². The Labute approximate surface area is 185 Å². The molecule has 11 nitrogen and oxygen atoms in total. The van der Waals surface area contributed by atoms with Gasteiger partial charge >= 0.3 is 5.69 Å². The summed E-state index contributed by atoms with van der Waals surface area (Å²) in [6.45, 7) is 4.52. The number of pyridine rings is 1. The van der Waals surface area contributed by atoms with Crippen LogP contribution in [0.5, 0.6) is 0 Å². The van der Waals surface area contributed by atoms with Gasteiger partial charge < -0.3 is 9.84 Å². The molecule has 0 atom stereocenters. The lowest BCUT2D eigenvalue weighted by atomic mass is 9.97. The average molecular weight is 463 g/mol. The van der Waals surface area contributed by atoms with Crippen molar-refractivity contribution in [3.63, 3.8) is 0 Å². The molecule has 1 N–H and O–H groups in total. The van der Waals surface area contributed by atoms with Crippen LogP contribution in [0.25, 0.3) is 5.65 Å². The van der Waals surface area contributed by atoms with Crippen molar-refractivity contribution < 1.29 is 17.7 Å². The normalized spacial score (nSPS) is 15.9. The monoisotopic (exact) mass is 462 g/mol. The number of hydrogen-bond acceptors (Lipinski definition) is 7. The number of hydrogen-bond donors (Lipinski definition) is 1. The van der Waals surface area contributed by atoms with Gasteiger partial charge in [-0.25, -0.2) is 17.9 Å². The van der Waals surface area contributed by atoms with Gasteiger partial charge in [0, 0.05) is 38.3 Å². The number of sulfonamides is 1. The molecule has 1 aliphatic rings. The minimum absolute atomic E-state index is 0.0956. The number of piperidine rings is 1. The number of carbonyl (C=O) groups is 1. The van der Waals surface area contributed by atoms with Crippen molar-refractivity contribution in [3.8, 4) is 0 Å². The molecule has 0 spiro atoms. The Morgan fingerprint density at radius 1 is 1.25 bits per heavy atom. The second-order valence-corrected chi connectivity index (χ2v) is 9.79. The molecular formula is C20H26N6O5S. The molecule has 0 aliphatic carbocycles. The Morgan fingerprint density at radius 3 is 2.66 bits per heavy atom. The maximum absolute atomic E-state index is 12.9. The molecule has 4 heterocycles. The van der Waals surface area contributed by atoms with Gasteiger partial charge in [-0.05, 0) is 45.2 Å². The van der Waals surface area contributed by atoms with Crippen molar-refractivity contribution in [3.05, 3.63) is 46.3 Å². The van der Waals surface area contributed by atoms with Crippen LogP contribution < -0.4 is 11.0 Å². The third-order valence-corrected chi connectivity index (χ3v) is 7.87. The van der Waals surface area contributed by atoms with Crippen LogP contribution in [0.15, 0.2) is 38.6 Å². The standard InChI is InChI=1S/C20H26N6O5S/c1-14-18(15(2)31-23-14)32(29,30)24-12-7-16(8-13-24)19(27)21-9-5-11-26-20(28)25-10-4-3-6-17(25)22-26/h3-4,6,10,16H,5,7-9,11-13H2,1-2H3,(H,21,27). The van der Waals surface area contributed by atoms with Crippen molar-refractivity contribution in [1.82, 2.24) is 29.0 Å². The summed E-state index contributed by atoms with van der Waals surface area (Å²) in [6.07, 6.45) is 3.12. The largest absolute Gasteiger partial charge is 0.360 e. The molecular weight excluding hydrogens is 436 g/mol. The van der Waals surface area contributed by atoms with E-state index < -0.39 is 10.0 Å². The molecule has 0 radical (unpaired) electrons. The first-order valence-electron chi connectivity index (χ1n) is 10.5. The molecule has 3 aromatic heterocycles. The maximum Gasteiger partial charge on any atom is 0.350 e. The lowest BCUT2D eigenvalue weighted by Gasteiger charge is -2.30. The van der Waals surface area contributed by atoms with Gasteiger partial charge in [0.2, 0.25) is 15.9 Å². The molecule has 0 unspecified atom stereocenters. The molecule has 1 saturated heterocycles. The first-order chi connectivity index (χ1) is 15.3. The minimum Gasteiger partial charge on any atom is -0.360 e. The Morgan fingerprint density at radius 2 is 2.00 bits per heavy atom. The van der Waals surface area contributed by atoms with Crippen LogP contribution >= 0.6 is 0 Å². The summed E-state index contributed by atoms with van der Waals surface area (Å²) in [5.74, 6) is -0.0714. The van der Waals surface area contributed by atoms with Crippen LogP contribution in [0.1, 0.15) is 30.7 Å². The van der Waals surface area contributed by atoms with Gasteiger partial charge in [-0.2, -0.15) is 4.31 Å². The highest BCUT2D eigenvalue weighted by molar-refractivity contribution is 7.89. The van der Waals surface area contributed by atoms with Crippen molar-refractivity contribution in [2.24, 2.45) is 5.92 Å². The zero-order chi connectivity index (χ0) is 22.9. The lowest BCUT2D eigenvalue weighted by Crippen LogP contribution is -2.43. The third kappa shape index (κ3) is 4.19. The Hall–Kier alpha value is -2.99. The van der Waals surface area contributed by atoms with Gasteiger partial charge in [0.05, 0.1) is 0 Å². The summed E-state index contributed by atoms with van der Waals surface area (Å²) in [5, 5.41) is 10.9. The molecule has 0 bridgehead atoms. The quantitative estimate of drug-likeness (QED) is 0.511. The van der Waals surface area contributed by atoms with E-state index >= 15 is 0 Å². The number of nitrogens with zero attached hydrogens (tertiary/aromatic N) is 5. The van der Waals surface area contributed by atoms with Gasteiger partial charge in [0.25, 0.3) is 0 Å². The van der Waals surface area contributed by atoms with E-state index in [0.29, 0.717) is 43.7 Å². The number of carbonyl (C=O) groups excluding carboxylic acids is 1. The smallest absolute Gasteiger partial charge is 0.350 e. The maximum atomic E-state index is 12.9. The molecule has 0 aromatic carbocycles. The fraction of sp³-hybridized carbons (Fsp3) is 0.500. The fourth-order valence-electron chi connectivity index (χ4n) is 4.03. The van der Waals surface area contributed by atoms with Crippen molar-refractivity contribution in [1.29, 1.82) is 0 Å².